The maximum atomic E-state index is 12.2. The molecule has 1 unspecified atom stereocenters. The van der Waals surface area contributed by atoms with E-state index in [4.69, 9.17) is 5.11 Å². The first-order valence-electron chi connectivity index (χ1n) is 4.92. The molecule has 1 atom stereocenters. The van der Waals surface area contributed by atoms with Gasteiger partial charge < -0.3 is 10.0 Å². The monoisotopic (exact) mass is 252 g/mol. The number of hydrogen-bond acceptors (Lipinski definition) is 3. The molecule has 1 aliphatic carbocycles. The lowest BCUT2D eigenvalue weighted by atomic mass is 10.0. The third kappa shape index (κ3) is 1.99. The van der Waals surface area contributed by atoms with E-state index in [1.165, 1.54) is 4.90 Å². The van der Waals surface area contributed by atoms with Crippen LogP contribution in [0.5, 0.6) is 0 Å². The number of nitrogens with zero attached hydrogens (tertiary/aromatic N) is 1. The Morgan fingerprint density at radius 1 is 1.56 bits per heavy atom. The molecule has 6 nitrogen and oxygen atoms in total. The smallest absolute Gasteiger partial charge is 0.407 e. The Bertz CT molecular complexity index is 406. The number of carbonyl (C=O) groups is 1. The number of alkyl halides is 1. The van der Waals surface area contributed by atoms with Crippen LogP contribution in [0.2, 0.25) is 0 Å². The zero-order valence-electron chi connectivity index (χ0n) is 8.52. The van der Waals surface area contributed by atoms with Crippen molar-refractivity contribution in [2.24, 2.45) is 5.41 Å². The Morgan fingerprint density at radius 3 is 2.62 bits per heavy atom. The molecule has 92 valence electrons. The summed E-state index contributed by atoms with van der Waals surface area (Å²) in [6.07, 6.45) is 0.514. The molecule has 1 amide bonds. The van der Waals surface area contributed by atoms with Crippen LogP contribution in [0.25, 0.3) is 0 Å². The molecule has 0 aromatic carbocycles. The van der Waals surface area contributed by atoms with Crippen LogP contribution < -0.4 is 4.72 Å². The van der Waals surface area contributed by atoms with Gasteiger partial charge in [-0.2, -0.15) is 0 Å². The average molecular weight is 252 g/mol. The highest BCUT2D eigenvalue weighted by atomic mass is 32.2. The van der Waals surface area contributed by atoms with Gasteiger partial charge in [0.2, 0.25) is 16.0 Å². The van der Waals surface area contributed by atoms with Crippen molar-refractivity contribution < 1.29 is 22.7 Å². The van der Waals surface area contributed by atoms with Crippen LogP contribution in [-0.2, 0) is 10.0 Å². The van der Waals surface area contributed by atoms with Gasteiger partial charge in [-0.15, -0.1) is 0 Å². The molecule has 8 heteroatoms. The molecule has 1 saturated heterocycles. The molecule has 0 aromatic rings. The largest absolute Gasteiger partial charge is 0.465 e. The molecule has 0 aromatic heterocycles. The van der Waals surface area contributed by atoms with Gasteiger partial charge in [0, 0.05) is 24.5 Å². The highest BCUT2D eigenvalue weighted by Gasteiger charge is 2.57. The predicted molar refractivity (Wildman–Crippen MR) is 53.1 cm³/mol. The van der Waals surface area contributed by atoms with Gasteiger partial charge in [0.15, 0.2) is 0 Å². The number of sulfonamides is 1. The molecule has 16 heavy (non-hydrogen) atoms. The lowest BCUT2D eigenvalue weighted by Gasteiger charge is -2.16. The Balaban J connectivity index is 2.08. The summed E-state index contributed by atoms with van der Waals surface area (Å²) in [4.78, 5) is 12.0. The van der Waals surface area contributed by atoms with Gasteiger partial charge in [0.05, 0.1) is 0 Å². The van der Waals surface area contributed by atoms with E-state index in [2.05, 4.69) is 4.72 Å². The van der Waals surface area contributed by atoms with Crippen molar-refractivity contribution in [1.29, 1.82) is 0 Å². The van der Waals surface area contributed by atoms with Crippen LogP contribution in [0.15, 0.2) is 0 Å². The van der Waals surface area contributed by atoms with Crippen molar-refractivity contribution in [3.63, 3.8) is 0 Å². The molecule has 2 aliphatic rings. The first-order valence-corrected chi connectivity index (χ1v) is 6.58. The second-order valence-electron chi connectivity index (χ2n) is 4.42. The van der Waals surface area contributed by atoms with Crippen molar-refractivity contribution in [3.8, 4) is 0 Å². The first kappa shape index (κ1) is 11.6. The van der Waals surface area contributed by atoms with Gasteiger partial charge in [0.25, 0.3) is 0 Å². The number of halogens is 1. The summed E-state index contributed by atoms with van der Waals surface area (Å²) in [6.45, 7) is 0.441. The molecule has 2 rings (SSSR count). The van der Waals surface area contributed by atoms with E-state index < -0.39 is 28.2 Å². The third-order valence-electron chi connectivity index (χ3n) is 3.28. The van der Waals surface area contributed by atoms with Crippen LogP contribution in [0.4, 0.5) is 9.18 Å². The van der Waals surface area contributed by atoms with Gasteiger partial charge >= 0.3 is 6.09 Å². The highest BCUT2D eigenvalue weighted by Crippen LogP contribution is 2.52. The summed E-state index contributed by atoms with van der Waals surface area (Å²) in [7, 11) is -3.92. The summed E-state index contributed by atoms with van der Waals surface area (Å²) in [5.41, 5.74) is -0.291. The van der Waals surface area contributed by atoms with E-state index in [9.17, 15) is 17.6 Å². The molecule has 2 N–H and O–H groups in total. The van der Waals surface area contributed by atoms with E-state index in [1.54, 1.807) is 0 Å². The van der Waals surface area contributed by atoms with Crippen LogP contribution >= 0.6 is 0 Å². The maximum Gasteiger partial charge on any atom is 0.407 e. The minimum absolute atomic E-state index is 0.106. The van der Waals surface area contributed by atoms with Gasteiger partial charge in [-0.3, -0.25) is 0 Å². The van der Waals surface area contributed by atoms with Crippen molar-refractivity contribution >= 4 is 16.1 Å². The van der Waals surface area contributed by atoms with E-state index >= 15 is 0 Å². The van der Waals surface area contributed by atoms with Crippen molar-refractivity contribution in [2.75, 3.05) is 19.1 Å². The number of amides is 1. The Hall–Kier alpha value is -0.890. The molecule has 0 radical (unpaired) electrons. The predicted octanol–water partition coefficient (Wildman–Crippen LogP) is -0.0248. The second kappa shape index (κ2) is 3.56. The highest BCUT2D eigenvalue weighted by molar-refractivity contribution is 7.89. The van der Waals surface area contributed by atoms with Crippen molar-refractivity contribution in [1.82, 2.24) is 9.62 Å². The molecule has 1 spiro atoms. The number of carboxylic acid groups (broad SMARTS) is 1. The Labute approximate surface area is 92.5 Å². The number of nitrogens with one attached hydrogen (secondary N) is 1. The summed E-state index contributed by atoms with van der Waals surface area (Å²) in [5.74, 6) is 0. The molecule has 1 heterocycles. The first-order chi connectivity index (χ1) is 7.38. The zero-order valence-corrected chi connectivity index (χ0v) is 9.33. The standard InChI is InChI=1S/C8H13FN2O4S/c9-5-16(14,15)10-6-3-11(7(12)13)4-8(6)1-2-8/h6,10H,1-5H2,(H,12,13). The lowest BCUT2D eigenvalue weighted by molar-refractivity contribution is 0.153. The van der Waals surface area contributed by atoms with Crippen LogP contribution in [0, 0.1) is 5.41 Å². The van der Waals surface area contributed by atoms with Crippen molar-refractivity contribution in [2.45, 2.75) is 18.9 Å². The SMILES string of the molecule is O=C(O)N1CC(NS(=O)(=O)CF)C2(CC2)C1. The minimum atomic E-state index is -3.92. The second-order valence-corrected chi connectivity index (χ2v) is 6.10. The summed E-state index contributed by atoms with van der Waals surface area (Å²) in [5, 5.41) is 8.82. The Morgan fingerprint density at radius 2 is 2.19 bits per heavy atom. The quantitative estimate of drug-likeness (QED) is 0.738. The zero-order chi connectivity index (χ0) is 12.0. The van der Waals surface area contributed by atoms with Crippen LogP contribution in [-0.4, -0.2) is 49.7 Å². The summed E-state index contributed by atoms with van der Waals surface area (Å²) < 4.78 is 36.6. The topological polar surface area (TPSA) is 86.7 Å². The van der Waals surface area contributed by atoms with Gasteiger partial charge in [-0.25, -0.2) is 22.3 Å². The number of hydrogen-bond donors (Lipinski definition) is 2. The molecular weight excluding hydrogens is 239 g/mol. The van der Waals surface area contributed by atoms with E-state index in [0.717, 1.165) is 12.8 Å². The molecular formula is C8H13FN2O4S. The van der Waals surface area contributed by atoms with Crippen LogP contribution in [0.1, 0.15) is 12.8 Å². The molecule has 0 bridgehead atoms. The van der Waals surface area contributed by atoms with E-state index in [0.29, 0.717) is 6.54 Å². The van der Waals surface area contributed by atoms with Gasteiger partial charge in [0.1, 0.15) is 0 Å². The van der Waals surface area contributed by atoms with Gasteiger partial charge in [-0.1, -0.05) is 0 Å². The maximum absolute atomic E-state index is 12.2. The number of likely N-dealkylation sites (tertiary alicyclic amines) is 1. The van der Waals surface area contributed by atoms with Gasteiger partial charge in [-0.05, 0) is 12.8 Å². The van der Waals surface area contributed by atoms with Crippen LogP contribution in [0.3, 0.4) is 0 Å². The van der Waals surface area contributed by atoms with E-state index in [-0.39, 0.29) is 12.0 Å². The molecule has 1 aliphatic heterocycles. The normalized spacial score (nSPS) is 27.3. The molecule has 1 saturated carbocycles. The third-order valence-corrected chi connectivity index (χ3v) is 4.21. The van der Waals surface area contributed by atoms with E-state index in [1.807, 2.05) is 0 Å². The summed E-state index contributed by atoms with van der Waals surface area (Å²) >= 11 is 0. The lowest BCUT2D eigenvalue weighted by Crippen LogP contribution is -2.42. The van der Waals surface area contributed by atoms with Crippen molar-refractivity contribution in [3.05, 3.63) is 0 Å². The fourth-order valence-corrected chi connectivity index (χ4v) is 3.01. The number of rotatable bonds is 3. The fourth-order valence-electron chi connectivity index (χ4n) is 2.19. The fraction of sp³-hybridized carbons (Fsp3) is 0.875. The minimum Gasteiger partial charge on any atom is -0.465 e. The average Bonchev–Trinajstić information content (AvgIpc) is 2.87. The Kier molecular flexibility index (Phi) is 2.58. The summed E-state index contributed by atoms with van der Waals surface area (Å²) in [6, 6.07) is -1.95. The molecule has 2 fully saturated rings.